The average Bonchev–Trinajstić information content (AvgIpc) is 3.29. The van der Waals surface area contributed by atoms with E-state index >= 15 is 0 Å². The second kappa shape index (κ2) is 10.2. The Kier molecular flexibility index (Phi) is 7.18. The maximum absolute atomic E-state index is 12.6. The number of methoxy groups -OCH3 is 1. The van der Waals surface area contributed by atoms with E-state index in [1.165, 1.54) is 13.4 Å². The first-order valence-electron chi connectivity index (χ1n) is 9.57. The van der Waals surface area contributed by atoms with Gasteiger partial charge in [0.2, 0.25) is 5.91 Å². The zero-order valence-corrected chi connectivity index (χ0v) is 17.2. The number of benzene rings is 2. The van der Waals surface area contributed by atoms with Gasteiger partial charge in [0.25, 0.3) is 11.8 Å². The normalized spacial score (nSPS) is 10.4. The summed E-state index contributed by atoms with van der Waals surface area (Å²) in [4.78, 5) is 36.5. The second-order valence-corrected chi connectivity index (χ2v) is 6.83. The topological polar surface area (TPSA) is 110 Å². The number of aryl methyl sites for hydroxylation is 1. The molecule has 3 aromatic rings. The third kappa shape index (κ3) is 6.03. The number of nitrogens with one attached hydrogen (secondary N) is 3. The van der Waals surface area contributed by atoms with Crippen LogP contribution in [0.5, 0.6) is 0 Å². The molecule has 0 radical (unpaired) electrons. The third-order valence-electron chi connectivity index (χ3n) is 4.43. The van der Waals surface area contributed by atoms with Crippen LogP contribution in [0.4, 0.5) is 11.4 Å². The van der Waals surface area contributed by atoms with Crippen molar-refractivity contribution in [2.45, 2.75) is 13.5 Å². The summed E-state index contributed by atoms with van der Waals surface area (Å²) >= 11 is 0. The molecule has 0 bridgehead atoms. The van der Waals surface area contributed by atoms with Gasteiger partial charge in [-0.05, 0) is 54.4 Å². The number of rotatable bonds is 8. The third-order valence-corrected chi connectivity index (χ3v) is 4.43. The molecule has 0 saturated heterocycles. The van der Waals surface area contributed by atoms with E-state index < -0.39 is 5.91 Å². The van der Waals surface area contributed by atoms with Crippen LogP contribution in [0.1, 0.15) is 32.0 Å². The molecule has 8 nitrogen and oxygen atoms in total. The number of amides is 3. The largest absolute Gasteiger partial charge is 0.459 e. The molecule has 0 aliphatic rings. The van der Waals surface area contributed by atoms with Gasteiger partial charge in [-0.3, -0.25) is 14.4 Å². The molecule has 0 spiro atoms. The minimum atomic E-state index is -0.391. The Hall–Kier alpha value is -3.91. The van der Waals surface area contributed by atoms with Crippen LogP contribution in [0.3, 0.4) is 0 Å². The summed E-state index contributed by atoms with van der Waals surface area (Å²) < 4.78 is 9.89. The summed E-state index contributed by atoms with van der Waals surface area (Å²) in [5.74, 6) is -0.750. The van der Waals surface area contributed by atoms with Crippen molar-refractivity contribution >= 4 is 29.1 Å². The Labute approximate surface area is 179 Å². The Bertz CT molecular complexity index is 1080. The lowest BCUT2D eigenvalue weighted by molar-refractivity contribution is -0.119. The highest BCUT2D eigenvalue weighted by atomic mass is 16.5. The molecule has 1 aromatic heterocycles. The highest BCUT2D eigenvalue weighted by molar-refractivity contribution is 6.04. The fraction of sp³-hybridized carbons (Fsp3) is 0.174. The molecule has 8 heteroatoms. The predicted molar refractivity (Wildman–Crippen MR) is 116 cm³/mol. The Morgan fingerprint density at radius 3 is 2.55 bits per heavy atom. The van der Waals surface area contributed by atoms with Crippen molar-refractivity contribution in [3.05, 3.63) is 83.3 Å². The van der Waals surface area contributed by atoms with Gasteiger partial charge >= 0.3 is 0 Å². The van der Waals surface area contributed by atoms with Crippen molar-refractivity contribution in [2.75, 3.05) is 24.4 Å². The molecule has 0 aliphatic heterocycles. The predicted octanol–water partition coefficient (Wildman–Crippen LogP) is 3.36. The molecule has 3 amide bonds. The maximum Gasteiger partial charge on any atom is 0.291 e. The van der Waals surface area contributed by atoms with E-state index in [-0.39, 0.29) is 30.7 Å². The standard InChI is InChI=1S/C23H23N3O5/c1-15-8-9-17(12-19(15)26-23(29)20-7-4-10-31-20)22(28)24-13-16-5-3-6-18(11-16)25-21(27)14-30-2/h3-12H,13-14H2,1-2H3,(H,24,28)(H,25,27)(H,26,29). The van der Waals surface area contributed by atoms with Crippen LogP contribution in [-0.4, -0.2) is 31.4 Å². The summed E-state index contributed by atoms with van der Waals surface area (Å²) in [5, 5.41) is 8.32. The van der Waals surface area contributed by atoms with Gasteiger partial charge in [-0.15, -0.1) is 0 Å². The fourth-order valence-corrected chi connectivity index (χ4v) is 2.86. The molecule has 160 valence electrons. The van der Waals surface area contributed by atoms with Gasteiger partial charge < -0.3 is 25.1 Å². The van der Waals surface area contributed by atoms with Crippen LogP contribution in [-0.2, 0) is 16.1 Å². The molecule has 0 fully saturated rings. The van der Waals surface area contributed by atoms with E-state index in [1.807, 2.05) is 13.0 Å². The van der Waals surface area contributed by atoms with Gasteiger partial charge in [0, 0.05) is 30.6 Å². The van der Waals surface area contributed by atoms with Gasteiger partial charge in [0.05, 0.1) is 6.26 Å². The lowest BCUT2D eigenvalue weighted by Gasteiger charge is -2.11. The first kappa shape index (κ1) is 21.8. The molecule has 3 N–H and O–H groups in total. The number of carbonyl (C=O) groups is 3. The van der Waals surface area contributed by atoms with Crippen LogP contribution in [0.15, 0.2) is 65.3 Å². The first-order chi connectivity index (χ1) is 15.0. The molecular weight excluding hydrogens is 398 g/mol. The average molecular weight is 421 g/mol. The number of anilines is 2. The zero-order chi connectivity index (χ0) is 22.2. The number of hydrogen-bond donors (Lipinski definition) is 3. The van der Waals surface area contributed by atoms with Crippen molar-refractivity contribution in [3.63, 3.8) is 0 Å². The van der Waals surface area contributed by atoms with Crippen molar-refractivity contribution in [1.82, 2.24) is 5.32 Å². The minimum Gasteiger partial charge on any atom is -0.459 e. The Morgan fingerprint density at radius 1 is 0.968 bits per heavy atom. The van der Waals surface area contributed by atoms with Gasteiger partial charge in [-0.1, -0.05) is 18.2 Å². The summed E-state index contributed by atoms with van der Waals surface area (Å²) in [6.07, 6.45) is 1.42. The molecule has 0 unspecified atom stereocenters. The summed E-state index contributed by atoms with van der Waals surface area (Å²) in [6.45, 7) is 2.07. The van der Waals surface area contributed by atoms with Crippen LogP contribution in [0.2, 0.25) is 0 Å². The number of furan rings is 1. The minimum absolute atomic E-state index is 0.0345. The maximum atomic E-state index is 12.6. The molecule has 3 rings (SSSR count). The molecule has 2 aromatic carbocycles. The monoisotopic (exact) mass is 421 g/mol. The zero-order valence-electron chi connectivity index (χ0n) is 17.2. The van der Waals surface area contributed by atoms with E-state index in [0.29, 0.717) is 16.9 Å². The molecule has 31 heavy (non-hydrogen) atoms. The van der Waals surface area contributed by atoms with E-state index in [4.69, 9.17) is 9.15 Å². The number of carbonyl (C=O) groups excluding carboxylic acids is 3. The molecule has 0 saturated carbocycles. The van der Waals surface area contributed by atoms with Crippen LogP contribution in [0, 0.1) is 6.92 Å². The lowest BCUT2D eigenvalue weighted by Crippen LogP contribution is -2.23. The molecular formula is C23H23N3O5. The number of hydrogen-bond acceptors (Lipinski definition) is 5. The lowest BCUT2D eigenvalue weighted by atomic mass is 10.1. The number of ether oxygens (including phenoxy) is 1. The van der Waals surface area contributed by atoms with Crippen molar-refractivity contribution in [3.8, 4) is 0 Å². The van der Waals surface area contributed by atoms with E-state index in [1.54, 1.807) is 48.5 Å². The van der Waals surface area contributed by atoms with E-state index in [2.05, 4.69) is 16.0 Å². The first-order valence-corrected chi connectivity index (χ1v) is 9.57. The Morgan fingerprint density at radius 2 is 1.81 bits per heavy atom. The highest BCUT2D eigenvalue weighted by Gasteiger charge is 2.13. The highest BCUT2D eigenvalue weighted by Crippen LogP contribution is 2.19. The van der Waals surface area contributed by atoms with Crippen LogP contribution in [0.25, 0.3) is 0 Å². The summed E-state index contributed by atoms with van der Waals surface area (Å²) in [5.41, 5.74) is 3.19. The van der Waals surface area contributed by atoms with Gasteiger partial charge in [-0.25, -0.2) is 0 Å². The second-order valence-electron chi connectivity index (χ2n) is 6.83. The van der Waals surface area contributed by atoms with Crippen molar-refractivity contribution in [1.29, 1.82) is 0 Å². The molecule has 1 heterocycles. The van der Waals surface area contributed by atoms with Gasteiger partial charge in [-0.2, -0.15) is 0 Å². The fourth-order valence-electron chi connectivity index (χ4n) is 2.86. The SMILES string of the molecule is COCC(=O)Nc1cccc(CNC(=O)c2ccc(C)c(NC(=O)c3ccco3)c2)c1. The molecule has 0 atom stereocenters. The van der Waals surface area contributed by atoms with Gasteiger partial charge in [0.1, 0.15) is 6.61 Å². The van der Waals surface area contributed by atoms with E-state index in [9.17, 15) is 14.4 Å². The van der Waals surface area contributed by atoms with Crippen molar-refractivity contribution in [2.24, 2.45) is 0 Å². The van der Waals surface area contributed by atoms with E-state index in [0.717, 1.165) is 11.1 Å². The van der Waals surface area contributed by atoms with Gasteiger partial charge in [0.15, 0.2) is 5.76 Å². The molecule has 0 aliphatic carbocycles. The summed E-state index contributed by atoms with van der Waals surface area (Å²) in [7, 11) is 1.45. The smallest absolute Gasteiger partial charge is 0.291 e. The quantitative estimate of drug-likeness (QED) is 0.517. The Balaban J connectivity index is 1.63. The summed E-state index contributed by atoms with van der Waals surface area (Å²) in [6, 6.07) is 15.4. The van der Waals surface area contributed by atoms with Crippen LogP contribution < -0.4 is 16.0 Å². The van der Waals surface area contributed by atoms with Crippen LogP contribution >= 0.6 is 0 Å². The van der Waals surface area contributed by atoms with Crippen molar-refractivity contribution < 1.29 is 23.5 Å².